The van der Waals surface area contributed by atoms with Crippen LogP contribution < -0.4 is 20.1 Å². The zero-order valence-electron chi connectivity index (χ0n) is 18.8. The predicted octanol–water partition coefficient (Wildman–Crippen LogP) is 4.95. The van der Waals surface area contributed by atoms with E-state index in [9.17, 15) is 9.59 Å². The molecule has 4 rings (SSSR count). The van der Waals surface area contributed by atoms with Gasteiger partial charge < -0.3 is 20.1 Å². The molecule has 1 aliphatic rings. The highest BCUT2D eigenvalue weighted by Gasteiger charge is 2.35. The largest absolute Gasteiger partial charge is 0.497 e. The minimum Gasteiger partial charge on any atom is -0.497 e. The van der Waals surface area contributed by atoms with Crippen molar-refractivity contribution in [2.45, 2.75) is 31.9 Å². The Bertz CT molecular complexity index is 1170. The normalized spacial score (nSPS) is 16.8. The lowest BCUT2D eigenvalue weighted by molar-refractivity contribution is -0.119. The number of amides is 2. The van der Waals surface area contributed by atoms with Crippen LogP contribution in [0.5, 0.6) is 11.5 Å². The Labute approximate surface area is 197 Å². The van der Waals surface area contributed by atoms with Crippen molar-refractivity contribution in [3.8, 4) is 11.5 Å². The molecule has 0 bridgehead atoms. The van der Waals surface area contributed by atoms with E-state index in [0.29, 0.717) is 23.5 Å². The Balaban J connectivity index is 1.61. The number of rotatable bonds is 6. The Kier molecular flexibility index (Phi) is 6.51. The van der Waals surface area contributed by atoms with Crippen molar-refractivity contribution in [1.29, 1.82) is 0 Å². The van der Waals surface area contributed by atoms with E-state index in [4.69, 9.17) is 9.47 Å². The molecule has 2 N–H and O–H groups in total. The lowest BCUT2D eigenvalue weighted by Gasteiger charge is -2.38. The number of nitrogens with one attached hydrogen (secondary N) is 2. The second kappa shape index (κ2) is 9.50. The van der Waals surface area contributed by atoms with E-state index in [1.807, 2.05) is 55.6 Å². The van der Waals surface area contributed by atoms with Gasteiger partial charge in [-0.05, 0) is 55.6 Å². The van der Waals surface area contributed by atoms with E-state index >= 15 is 0 Å². The number of ether oxygens (including phenoxy) is 2. The van der Waals surface area contributed by atoms with Crippen LogP contribution in [0.1, 0.15) is 47.1 Å². The highest BCUT2D eigenvalue weighted by Crippen LogP contribution is 2.41. The molecule has 0 spiro atoms. The van der Waals surface area contributed by atoms with E-state index in [-0.39, 0.29) is 23.6 Å². The maximum absolute atomic E-state index is 13.4. The monoisotopic (exact) mass is 462 g/mol. The molecule has 6 nitrogen and oxygen atoms in total. The van der Waals surface area contributed by atoms with Crippen LogP contribution in [-0.2, 0) is 4.79 Å². The number of methoxy groups -OCH3 is 1. The topological polar surface area (TPSA) is 76.7 Å². The average molecular weight is 463 g/mol. The van der Waals surface area contributed by atoms with Gasteiger partial charge in [0.1, 0.15) is 22.8 Å². The number of benzene rings is 2. The van der Waals surface area contributed by atoms with Gasteiger partial charge in [0.2, 0.25) is 0 Å². The molecule has 0 saturated heterocycles. The molecule has 2 heterocycles. The van der Waals surface area contributed by atoms with Gasteiger partial charge in [0.25, 0.3) is 11.8 Å². The molecule has 2 aromatic carbocycles. The first kappa shape index (κ1) is 22.6. The van der Waals surface area contributed by atoms with Crippen molar-refractivity contribution in [3.63, 3.8) is 0 Å². The zero-order valence-corrected chi connectivity index (χ0v) is 19.6. The summed E-state index contributed by atoms with van der Waals surface area (Å²) in [4.78, 5) is 27.0. The first-order chi connectivity index (χ1) is 15.8. The third-order valence-electron chi connectivity index (χ3n) is 5.34. The van der Waals surface area contributed by atoms with E-state index in [1.165, 1.54) is 11.3 Å². The highest BCUT2D eigenvalue weighted by molar-refractivity contribution is 7.10. The summed E-state index contributed by atoms with van der Waals surface area (Å²) in [5.41, 5.74) is 1.05. The van der Waals surface area contributed by atoms with Gasteiger partial charge in [0, 0.05) is 28.5 Å². The highest BCUT2D eigenvalue weighted by atomic mass is 32.1. The standard InChI is InChI=1S/C26H26N2O4S/c1-26(2)16-22(20-12-11-18(31-3)14-23(20)32-26)28-25(30)21(15-19-10-7-13-33-19)27-24(29)17-8-5-4-6-9-17/h4-15,22H,16H2,1-3H3,(H,27,29)(H,28,30)/b21-15-. The smallest absolute Gasteiger partial charge is 0.268 e. The van der Waals surface area contributed by atoms with E-state index in [2.05, 4.69) is 10.6 Å². The van der Waals surface area contributed by atoms with Crippen LogP contribution in [0.4, 0.5) is 0 Å². The number of hydrogen-bond donors (Lipinski definition) is 2. The molecule has 1 aromatic heterocycles. The van der Waals surface area contributed by atoms with Crippen LogP contribution in [0.2, 0.25) is 0 Å². The van der Waals surface area contributed by atoms with Gasteiger partial charge in [-0.3, -0.25) is 9.59 Å². The summed E-state index contributed by atoms with van der Waals surface area (Å²) >= 11 is 1.49. The summed E-state index contributed by atoms with van der Waals surface area (Å²) in [7, 11) is 1.60. The molecule has 2 amide bonds. The third kappa shape index (κ3) is 5.43. The first-order valence-electron chi connectivity index (χ1n) is 10.6. The second-order valence-corrected chi connectivity index (χ2v) is 9.37. The summed E-state index contributed by atoms with van der Waals surface area (Å²) in [6, 6.07) is 17.9. The number of carbonyl (C=O) groups excluding carboxylic acids is 2. The molecule has 33 heavy (non-hydrogen) atoms. The Morgan fingerprint density at radius 2 is 1.91 bits per heavy atom. The average Bonchev–Trinajstić information content (AvgIpc) is 3.31. The van der Waals surface area contributed by atoms with Gasteiger partial charge in [0.05, 0.1) is 13.2 Å². The Morgan fingerprint density at radius 1 is 1.12 bits per heavy atom. The minimum atomic E-state index is -0.484. The fourth-order valence-corrected chi connectivity index (χ4v) is 4.44. The first-order valence-corrected chi connectivity index (χ1v) is 11.5. The molecule has 1 aliphatic heterocycles. The van der Waals surface area contributed by atoms with Gasteiger partial charge in [-0.15, -0.1) is 11.3 Å². The summed E-state index contributed by atoms with van der Waals surface area (Å²) in [5.74, 6) is 0.654. The lowest BCUT2D eigenvalue weighted by Crippen LogP contribution is -2.43. The van der Waals surface area contributed by atoms with E-state index in [0.717, 1.165) is 10.4 Å². The fraction of sp³-hybridized carbons (Fsp3) is 0.231. The van der Waals surface area contributed by atoms with Crippen molar-refractivity contribution < 1.29 is 19.1 Å². The third-order valence-corrected chi connectivity index (χ3v) is 6.16. The van der Waals surface area contributed by atoms with Gasteiger partial charge in [-0.1, -0.05) is 24.3 Å². The quantitative estimate of drug-likeness (QED) is 0.509. The number of thiophene rings is 1. The van der Waals surface area contributed by atoms with Crippen LogP contribution in [0.15, 0.2) is 71.7 Å². The molecule has 0 radical (unpaired) electrons. The van der Waals surface area contributed by atoms with Crippen LogP contribution in [0.3, 0.4) is 0 Å². The Hall–Kier alpha value is -3.58. The fourth-order valence-electron chi connectivity index (χ4n) is 3.78. The van der Waals surface area contributed by atoms with Crippen molar-refractivity contribution in [1.82, 2.24) is 10.6 Å². The summed E-state index contributed by atoms with van der Waals surface area (Å²) < 4.78 is 11.5. The molecule has 0 fully saturated rings. The summed E-state index contributed by atoms with van der Waals surface area (Å²) in [5, 5.41) is 7.81. The summed E-state index contributed by atoms with van der Waals surface area (Å²) in [6.07, 6.45) is 2.28. The van der Waals surface area contributed by atoms with Crippen molar-refractivity contribution in [3.05, 3.63) is 87.7 Å². The molecular formula is C26H26N2O4S. The second-order valence-electron chi connectivity index (χ2n) is 8.39. The van der Waals surface area contributed by atoms with Crippen LogP contribution >= 0.6 is 11.3 Å². The molecule has 1 atom stereocenters. The van der Waals surface area contributed by atoms with E-state index < -0.39 is 5.60 Å². The van der Waals surface area contributed by atoms with Crippen molar-refractivity contribution in [2.75, 3.05) is 7.11 Å². The number of fused-ring (bicyclic) bond motifs is 1. The van der Waals surface area contributed by atoms with Gasteiger partial charge in [0.15, 0.2) is 0 Å². The number of hydrogen-bond acceptors (Lipinski definition) is 5. The van der Waals surface area contributed by atoms with Gasteiger partial charge in [-0.2, -0.15) is 0 Å². The molecule has 3 aromatic rings. The van der Waals surface area contributed by atoms with Crippen LogP contribution in [0, 0.1) is 0 Å². The van der Waals surface area contributed by atoms with Crippen LogP contribution in [-0.4, -0.2) is 24.5 Å². The molecule has 1 unspecified atom stereocenters. The SMILES string of the molecule is COc1ccc2c(c1)OC(C)(C)CC2NC(=O)/C(=C/c1cccs1)NC(=O)c1ccccc1. The van der Waals surface area contributed by atoms with Crippen molar-refractivity contribution >= 4 is 29.2 Å². The van der Waals surface area contributed by atoms with Gasteiger partial charge >= 0.3 is 0 Å². The summed E-state index contributed by atoms with van der Waals surface area (Å²) in [6.45, 7) is 3.96. The minimum absolute atomic E-state index is 0.186. The van der Waals surface area contributed by atoms with Gasteiger partial charge in [-0.25, -0.2) is 0 Å². The maximum Gasteiger partial charge on any atom is 0.268 e. The van der Waals surface area contributed by atoms with E-state index in [1.54, 1.807) is 37.5 Å². The molecule has 0 aliphatic carbocycles. The van der Waals surface area contributed by atoms with Crippen molar-refractivity contribution in [2.24, 2.45) is 0 Å². The molecular weight excluding hydrogens is 436 g/mol. The number of carbonyl (C=O) groups is 2. The molecule has 7 heteroatoms. The Morgan fingerprint density at radius 3 is 2.61 bits per heavy atom. The molecule has 170 valence electrons. The zero-order chi connectivity index (χ0) is 23.4. The molecule has 0 saturated carbocycles. The van der Waals surface area contributed by atoms with Crippen LogP contribution in [0.25, 0.3) is 6.08 Å². The predicted molar refractivity (Wildman–Crippen MR) is 129 cm³/mol. The maximum atomic E-state index is 13.4. The lowest BCUT2D eigenvalue weighted by atomic mass is 9.89.